The average molecular weight is 334 g/mol. The van der Waals surface area contributed by atoms with Gasteiger partial charge in [0.05, 0.1) is 11.9 Å². The summed E-state index contributed by atoms with van der Waals surface area (Å²) < 4.78 is 0. The van der Waals surface area contributed by atoms with Crippen LogP contribution in [0.25, 0.3) is 0 Å². The third-order valence-corrected chi connectivity index (χ3v) is 3.72. The normalized spacial score (nSPS) is 10.7. The van der Waals surface area contributed by atoms with Gasteiger partial charge >= 0.3 is 0 Å². The zero-order valence-electron chi connectivity index (χ0n) is 15.3. The number of amides is 2. The fourth-order valence-electron chi connectivity index (χ4n) is 2.15. The fraction of sp³-hybridized carbons (Fsp3) is 0.667. The van der Waals surface area contributed by atoms with E-state index in [0.29, 0.717) is 37.7 Å². The van der Waals surface area contributed by atoms with E-state index in [2.05, 4.69) is 36.1 Å². The lowest BCUT2D eigenvalue weighted by molar-refractivity contribution is -0.121. The molecule has 0 aromatic carbocycles. The molecule has 0 aliphatic carbocycles. The summed E-state index contributed by atoms with van der Waals surface area (Å²) in [5.74, 6) is 0.388. The Hall–Kier alpha value is -1.98. The van der Waals surface area contributed by atoms with Crippen molar-refractivity contribution in [2.24, 2.45) is 5.92 Å². The smallest absolute Gasteiger partial charge is 0.274 e. The molecule has 1 heterocycles. The van der Waals surface area contributed by atoms with Crippen molar-refractivity contribution >= 4 is 11.8 Å². The molecule has 0 fully saturated rings. The Kier molecular flexibility index (Phi) is 8.97. The van der Waals surface area contributed by atoms with Crippen molar-refractivity contribution in [1.29, 1.82) is 0 Å². The molecule has 24 heavy (non-hydrogen) atoms. The molecule has 1 rings (SSSR count). The quantitative estimate of drug-likeness (QED) is 0.713. The summed E-state index contributed by atoms with van der Waals surface area (Å²) in [6.07, 6.45) is 6.25. The fourth-order valence-corrected chi connectivity index (χ4v) is 2.15. The van der Waals surface area contributed by atoms with E-state index in [1.165, 1.54) is 6.20 Å². The molecule has 0 saturated carbocycles. The van der Waals surface area contributed by atoms with Crippen LogP contribution in [0.15, 0.2) is 12.4 Å². The highest BCUT2D eigenvalue weighted by molar-refractivity contribution is 5.92. The van der Waals surface area contributed by atoms with Crippen LogP contribution in [0.5, 0.6) is 0 Å². The van der Waals surface area contributed by atoms with Crippen LogP contribution in [0.3, 0.4) is 0 Å². The van der Waals surface area contributed by atoms with Crippen LogP contribution in [0, 0.1) is 12.8 Å². The van der Waals surface area contributed by atoms with Crippen molar-refractivity contribution in [3.05, 3.63) is 23.8 Å². The molecule has 0 aliphatic heterocycles. The predicted molar refractivity (Wildman–Crippen MR) is 94.7 cm³/mol. The van der Waals surface area contributed by atoms with Gasteiger partial charge in [-0.1, -0.05) is 27.2 Å². The Balaban J connectivity index is 2.56. The van der Waals surface area contributed by atoms with E-state index in [0.717, 1.165) is 25.0 Å². The zero-order valence-corrected chi connectivity index (χ0v) is 15.3. The number of carbonyl (C=O) groups excluding carboxylic acids is 2. The maximum Gasteiger partial charge on any atom is 0.274 e. The van der Waals surface area contributed by atoms with Gasteiger partial charge < -0.3 is 10.2 Å². The van der Waals surface area contributed by atoms with E-state index in [-0.39, 0.29) is 11.8 Å². The minimum atomic E-state index is -0.161. The number of aryl methyl sites for hydroxylation is 1. The molecule has 1 N–H and O–H groups in total. The van der Waals surface area contributed by atoms with Crippen molar-refractivity contribution in [2.75, 3.05) is 19.6 Å². The number of carbonyl (C=O) groups is 2. The lowest BCUT2D eigenvalue weighted by Gasteiger charge is -2.22. The maximum absolute atomic E-state index is 12.6. The molecular formula is C18H30N4O2. The molecular weight excluding hydrogens is 304 g/mol. The SMILES string of the molecule is CCCCN(CCC(=O)NCCC(C)C)C(=O)c1cnc(C)cn1. The second-order valence-electron chi connectivity index (χ2n) is 6.47. The van der Waals surface area contributed by atoms with Crippen molar-refractivity contribution in [3.8, 4) is 0 Å². The first-order valence-corrected chi connectivity index (χ1v) is 8.78. The Labute approximate surface area is 145 Å². The number of nitrogens with zero attached hydrogens (tertiary/aromatic N) is 3. The Bertz CT molecular complexity index is 514. The molecule has 6 nitrogen and oxygen atoms in total. The zero-order chi connectivity index (χ0) is 17.9. The summed E-state index contributed by atoms with van der Waals surface area (Å²) >= 11 is 0. The van der Waals surface area contributed by atoms with Crippen molar-refractivity contribution in [1.82, 2.24) is 20.2 Å². The molecule has 1 aromatic rings. The van der Waals surface area contributed by atoms with Crippen LogP contribution in [-0.4, -0.2) is 46.3 Å². The van der Waals surface area contributed by atoms with Crippen molar-refractivity contribution < 1.29 is 9.59 Å². The molecule has 2 amide bonds. The molecule has 1 aromatic heterocycles. The topological polar surface area (TPSA) is 75.2 Å². The van der Waals surface area contributed by atoms with E-state index in [1.54, 1.807) is 11.1 Å². The van der Waals surface area contributed by atoms with Gasteiger partial charge in [0.15, 0.2) is 0 Å². The molecule has 0 saturated heterocycles. The van der Waals surface area contributed by atoms with Gasteiger partial charge in [-0.2, -0.15) is 0 Å². The van der Waals surface area contributed by atoms with Crippen LogP contribution < -0.4 is 5.32 Å². The average Bonchev–Trinajstić information content (AvgIpc) is 2.54. The lowest BCUT2D eigenvalue weighted by Crippen LogP contribution is -2.36. The molecule has 0 atom stereocenters. The third kappa shape index (κ3) is 7.53. The minimum Gasteiger partial charge on any atom is -0.356 e. The van der Waals surface area contributed by atoms with Gasteiger partial charge in [0.1, 0.15) is 5.69 Å². The largest absolute Gasteiger partial charge is 0.356 e. The summed E-state index contributed by atoms with van der Waals surface area (Å²) in [5, 5.41) is 2.91. The Morgan fingerprint density at radius 1 is 1.21 bits per heavy atom. The number of aromatic nitrogens is 2. The second-order valence-corrected chi connectivity index (χ2v) is 6.47. The van der Waals surface area contributed by atoms with Crippen LogP contribution in [0.2, 0.25) is 0 Å². The number of hydrogen-bond donors (Lipinski definition) is 1. The molecule has 0 unspecified atom stereocenters. The molecule has 0 spiro atoms. The monoisotopic (exact) mass is 334 g/mol. The van der Waals surface area contributed by atoms with Gasteiger partial charge in [-0.15, -0.1) is 0 Å². The van der Waals surface area contributed by atoms with Gasteiger partial charge in [-0.25, -0.2) is 4.98 Å². The van der Waals surface area contributed by atoms with Crippen LogP contribution in [0.4, 0.5) is 0 Å². The Morgan fingerprint density at radius 3 is 2.54 bits per heavy atom. The van der Waals surface area contributed by atoms with Crippen LogP contribution in [-0.2, 0) is 4.79 Å². The molecule has 6 heteroatoms. The number of hydrogen-bond acceptors (Lipinski definition) is 4. The van der Waals surface area contributed by atoms with Gasteiger partial charge in [0, 0.05) is 32.3 Å². The maximum atomic E-state index is 12.6. The first-order chi connectivity index (χ1) is 11.4. The van der Waals surface area contributed by atoms with Gasteiger partial charge in [-0.3, -0.25) is 14.6 Å². The van der Waals surface area contributed by atoms with E-state index >= 15 is 0 Å². The summed E-state index contributed by atoms with van der Waals surface area (Å²) in [5.41, 5.74) is 1.10. The van der Waals surface area contributed by atoms with E-state index in [9.17, 15) is 9.59 Å². The second kappa shape index (κ2) is 10.7. The number of rotatable bonds is 10. The van der Waals surface area contributed by atoms with E-state index < -0.39 is 0 Å². The van der Waals surface area contributed by atoms with Crippen LogP contribution >= 0.6 is 0 Å². The first-order valence-electron chi connectivity index (χ1n) is 8.78. The minimum absolute atomic E-state index is 0.0139. The van der Waals surface area contributed by atoms with Crippen molar-refractivity contribution in [2.45, 2.75) is 53.4 Å². The number of unbranched alkanes of at least 4 members (excludes halogenated alkanes) is 1. The highest BCUT2D eigenvalue weighted by Crippen LogP contribution is 2.05. The lowest BCUT2D eigenvalue weighted by atomic mass is 10.1. The van der Waals surface area contributed by atoms with E-state index in [4.69, 9.17) is 0 Å². The Morgan fingerprint density at radius 2 is 1.96 bits per heavy atom. The summed E-state index contributed by atoms with van der Waals surface area (Å²) in [6, 6.07) is 0. The van der Waals surface area contributed by atoms with Gasteiger partial charge in [0.2, 0.25) is 5.91 Å². The van der Waals surface area contributed by atoms with E-state index in [1.807, 2.05) is 6.92 Å². The standard InChI is InChI=1S/C18H30N4O2/c1-5-6-10-22(11-8-17(23)19-9-7-14(2)3)18(24)16-13-20-15(4)12-21-16/h12-14H,5-11H2,1-4H3,(H,19,23). The molecule has 0 aliphatic rings. The summed E-state index contributed by atoms with van der Waals surface area (Å²) in [4.78, 5) is 34.5. The third-order valence-electron chi connectivity index (χ3n) is 3.72. The molecule has 0 radical (unpaired) electrons. The molecule has 134 valence electrons. The van der Waals surface area contributed by atoms with Crippen molar-refractivity contribution in [3.63, 3.8) is 0 Å². The summed E-state index contributed by atoms with van der Waals surface area (Å²) in [6.45, 7) is 9.87. The molecule has 0 bridgehead atoms. The van der Waals surface area contributed by atoms with Gasteiger partial charge in [-0.05, 0) is 25.7 Å². The highest BCUT2D eigenvalue weighted by atomic mass is 16.2. The first kappa shape index (κ1) is 20.1. The predicted octanol–water partition coefficient (Wildman–Crippen LogP) is 2.58. The van der Waals surface area contributed by atoms with Gasteiger partial charge in [0.25, 0.3) is 5.91 Å². The summed E-state index contributed by atoms with van der Waals surface area (Å²) in [7, 11) is 0. The number of nitrogens with one attached hydrogen (secondary N) is 1. The highest BCUT2D eigenvalue weighted by Gasteiger charge is 2.18. The van der Waals surface area contributed by atoms with Crippen LogP contribution in [0.1, 0.15) is 62.6 Å².